The molecule has 104 valence electrons. The van der Waals surface area contributed by atoms with Crippen LogP contribution < -0.4 is 10.6 Å². The molecule has 6 nitrogen and oxygen atoms in total. The van der Waals surface area contributed by atoms with Crippen molar-refractivity contribution >= 4 is 17.8 Å². The van der Waals surface area contributed by atoms with Crippen LogP contribution in [0.4, 0.5) is 0 Å². The van der Waals surface area contributed by atoms with Crippen molar-refractivity contribution in [3.63, 3.8) is 0 Å². The van der Waals surface area contributed by atoms with Gasteiger partial charge in [-0.15, -0.1) is 0 Å². The number of amides is 2. The minimum absolute atomic E-state index is 0.0646. The van der Waals surface area contributed by atoms with Gasteiger partial charge in [-0.1, -0.05) is 20.8 Å². The van der Waals surface area contributed by atoms with Crippen molar-refractivity contribution in [3.8, 4) is 0 Å². The van der Waals surface area contributed by atoms with Crippen LogP contribution in [0.2, 0.25) is 0 Å². The zero-order valence-electron chi connectivity index (χ0n) is 11.5. The summed E-state index contributed by atoms with van der Waals surface area (Å²) in [6, 6.07) is -1.26. The van der Waals surface area contributed by atoms with Gasteiger partial charge < -0.3 is 15.7 Å². The van der Waals surface area contributed by atoms with E-state index in [4.69, 9.17) is 5.11 Å². The van der Waals surface area contributed by atoms with E-state index in [0.717, 1.165) is 0 Å². The van der Waals surface area contributed by atoms with E-state index < -0.39 is 29.2 Å². The fourth-order valence-corrected chi connectivity index (χ4v) is 1.14. The molecule has 0 aliphatic carbocycles. The summed E-state index contributed by atoms with van der Waals surface area (Å²) < 4.78 is 0. The first-order chi connectivity index (χ1) is 8.04. The van der Waals surface area contributed by atoms with Crippen molar-refractivity contribution in [3.05, 3.63) is 0 Å². The molecule has 0 aromatic carbocycles. The number of carboxylic acids is 1. The molecule has 2 amide bonds. The second-order valence-electron chi connectivity index (χ2n) is 5.54. The predicted octanol–water partition coefficient (Wildman–Crippen LogP) is 0.517. The standard InChI is InChI=1S/C12H22N2O4/c1-7(2)13-9(15)6-8(10(16)17)14-11(18)12(3,4)5/h7-8H,6H2,1-5H3,(H,13,15)(H,14,18)(H,16,17). The van der Waals surface area contributed by atoms with Crippen molar-refractivity contribution in [1.82, 2.24) is 10.6 Å². The SMILES string of the molecule is CC(C)NC(=O)CC(NC(=O)C(C)(C)C)C(=O)O. The summed E-state index contributed by atoms with van der Waals surface area (Å²) in [6.07, 6.45) is -0.269. The average Bonchev–Trinajstić information content (AvgIpc) is 2.13. The van der Waals surface area contributed by atoms with Crippen LogP contribution >= 0.6 is 0 Å². The van der Waals surface area contributed by atoms with E-state index >= 15 is 0 Å². The molecule has 0 spiro atoms. The number of nitrogens with one attached hydrogen (secondary N) is 2. The van der Waals surface area contributed by atoms with Gasteiger partial charge in [0.2, 0.25) is 11.8 Å². The van der Waals surface area contributed by atoms with Crippen molar-refractivity contribution in [2.45, 2.75) is 53.1 Å². The molecule has 0 saturated carbocycles. The summed E-state index contributed by atoms with van der Waals surface area (Å²) in [4.78, 5) is 34.1. The average molecular weight is 258 g/mol. The molecule has 0 aliphatic rings. The van der Waals surface area contributed by atoms with E-state index in [0.29, 0.717) is 0 Å². The summed E-state index contributed by atoms with van der Waals surface area (Å²) in [7, 11) is 0. The minimum atomic E-state index is -1.22. The third kappa shape index (κ3) is 6.22. The first kappa shape index (κ1) is 16.4. The maximum absolute atomic E-state index is 11.7. The second-order valence-corrected chi connectivity index (χ2v) is 5.54. The Morgan fingerprint density at radius 1 is 1.11 bits per heavy atom. The molecule has 0 radical (unpaired) electrons. The lowest BCUT2D eigenvalue weighted by atomic mass is 9.95. The Balaban J connectivity index is 4.56. The summed E-state index contributed by atoms with van der Waals surface area (Å²) in [5, 5.41) is 13.9. The van der Waals surface area contributed by atoms with Gasteiger partial charge in [-0.05, 0) is 13.8 Å². The molecular weight excluding hydrogens is 236 g/mol. The molecule has 1 atom stereocenters. The topological polar surface area (TPSA) is 95.5 Å². The number of carboxylic acid groups (broad SMARTS) is 1. The lowest BCUT2D eigenvalue weighted by Gasteiger charge is -2.22. The molecule has 6 heteroatoms. The molecule has 0 heterocycles. The molecule has 0 aromatic rings. The Bertz CT molecular complexity index is 331. The third-order valence-electron chi connectivity index (χ3n) is 2.12. The lowest BCUT2D eigenvalue weighted by Crippen LogP contribution is -2.48. The predicted molar refractivity (Wildman–Crippen MR) is 66.9 cm³/mol. The molecule has 1 unspecified atom stereocenters. The number of aliphatic carboxylic acids is 1. The van der Waals surface area contributed by atoms with E-state index in [2.05, 4.69) is 10.6 Å². The molecule has 18 heavy (non-hydrogen) atoms. The molecular formula is C12H22N2O4. The van der Waals surface area contributed by atoms with Crippen LogP contribution in [-0.4, -0.2) is 35.0 Å². The number of carbonyl (C=O) groups is 3. The molecule has 0 fully saturated rings. The zero-order chi connectivity index (χ0) is 14.5. The van der Waals surface area contributed by atoms with Gasteiger partial charge in [0.15, 0.2) is 0 Å². The third-order valence-corrected chi connectivity index (χ3v) is 2.12. The zero-order valence-corrected chi connectivity index (χ0v) is 11.5. The number of hydrogen-bond donors (Lipinski definition) is 3. The van der Waals surface area contributed by atoms with Crippen LogP contribution in [0.1, 0.15) is 41.0 Å². The molecule has 3 N–H and O–H groups in total. The summed E-state index contributed by atoms with van der Waals surface area (Å²) >= 11 is 0. The Labute approximate surface area is 107 Å². The quantitative estimate of drug-likeness (QED) is 0.669. The normalized spacial score (nSPS) is 13.0. The highest BCUT2D eigenvalue weighted by molar-refractivity contribution is 5.90. The van der Waals surface area contributed by atoms with E-state index in [-0.39, 0.29) is 12.5 Å². The van der Waals surface area contributed by atoms with Crippen molar-refractivity contribution in [1.29, 1.82) is 0 Å². The van der Waals surface area contributed by atoms with Gasteiger partial charge in [0, 0.05) is 11.5 Å². The Kier molecular flexibility index (Phi) is 5.81. The Morgan fingerprint density at radius 3 is 1.94 bits per heavy atom. The first-order valence-electron chi connectivity index (χ1n) is 5.87. The highest BCUT2D eigenvalue weighted by Crippen LogP contribution is 2.13. The van der Waals surface area contributed by atoms with E-state index in [1.807, 2.05) is 0 Å². The summed E-state index contributed by atoms with van der Waals surface area (Å²) in [5.41, 5.74) is -0.692. The van der Waals surface area contributed by atoms with Gasteiger partial charge in [0.05, 0.1) is 6.42 Å². The summed E-state index contributed by atoms with van der Waals surface area (Å²) in [5.74, 6) is -2.01. The van der Waals surface area contributed by atoms with Gasteiger partial charge in [-0.3, -0.25) is 9.59 Å². The fraction of sp³-hybridized carbons (Fsp3) is 0.750. The summed E-state index contributed by atoms with van der Waals surface area (Å²) in [6.45, 7) is 8.59. The van der Waals surface area contributed by atoms with Crippen LogP contribution in [0.15, 0.2) is 0 Å². The number of carbonyl (C=O) groups excluding carboxylic acids is 2. The number of hydrogen-bond acceptors (Lipinski definition) is 3. The van der Waals surface area contributed by atoms with Gasteiger partial charge in [0.25, 0.3) is 0 Å². The van der Waals surface area contributed by atoms with Gasteiger partial charge >= 0.3 is 5.97 Å². The minimum Gasteiger partial charge on any atom is -0.480 e. The van der Waals surface area contributed by atoms with Crippen LogP contribution in [0.25, 0.3) is 0 Å². The van der Waals surface area contributed by atoms with E-state index in [1.165, 1.54) is 0 Å². The maximum atomic E-state index is 11.7. The molecule has 0 aliphatic heterocycles. The molecule has 0 bridgehead atoms. The Hall–Kier alpha value is -1.59. The van der Waals surface area contributed by atoms with Crippen molar-refractivity contribution < 1.29 is 19.5 Å². The maximum Gasteiger partial charge on any atom is 0.326 e. The highest BCUT2D eigenvalue weighted by Gasteiger charge is 2.28. The molecule has 0 rings (SSSR count). The smallest absolute Gasteiger partial charge is 0.326 e. The van der Waals surface area contributed by atoms with Gasteiger partial charge in [0.1, 0.15) is 6.04 Å². The second kappa shape index (κ2) is 6.37. The number of rotatable bonds is 5. The van der Waals surface area contributed by atoms with E-state index in [1.54, 1.807) is 34.6 Å². The highest BCUT2D eigenvalue weighted by atomic mass is 16.4. The van der Waals surface area contributed by atoms with Crippen LogP contribution in [0.5, 0.6) is 0 Å². The van der Waals surface area contributed by atoms with Gasteiger partial charge in [-0.25, -0.2) is 4.79 Å². The van der Waals surface area contributed by atoms with Crippen LogP contribution in [-0.2, 0) is 14.4 Å². The monoisotopic (exact) mass is 258 g/mol. The van der Waals surface area contributed by atoms with E-state index in [9.17, 15) is 14.4 Å². The molecule has 0 aromatic heterocycles. The van der Waals surface area contributed by atoms with Gasteiger partial charge in [-0.2, -0.15) is 0 Å². The Morgan fingerprint density at radius 2 is 1.61 bits per heavy atom. The van der Waals surface area contributed by atoms with Crippen molar-refractivity contribution in [2.75, 3.05) is 0 Å². The fourth-order valence-electron chi connectivity index (χ4n) is 1.14. The van der Waals surface area contributed by atoms with Crippen LogP contribution in [0, 0.1) is 5.41 Å². The largest absolute Gasteiger partial charge is 0.480 e. The van der Waals surface area contributed by atoms with Crippen molar-refractivity contribution in [2.24, 2.45) is 5.41 Å². The molecule has 0 saturated heterocycles. The first-order valence-corrected chi connectivity index (χ1v) is 5.87. The lowest BCUT2D eigenvalue weighted by molar-refractivity contribution is -0.145. The van der Waals surface area contributed by atoms with Crippen LogP contribution in [0.3, 0.4) is 0 Å².